The zero-order chi connectivity index (χ0) is 30.4. The molecule has 0 heterocycles. The fraction of sp³-hybridized carbons (Fsp3) is 0. The molecule has 0 aliphatic heterocycles. The average Bonchev–Trinajstić information content (AvgIpc) is 2.91. The van der Waals surface area contributed by atoms with Gasteiger partial charge in [0.1, 0.15) is 34.9 Å². The SMILES string of the molecule is N#C/C(=C\c1cc(/C=C(\C#N)c2cc(F)cc(F)c2)cc(/C=C(\C#N)c2cc(F)cc(F)c2)c1)c1cc(F)cc(F)c1. The summed E-state index contributed by atoms with van der Waals surface area (Å²) in [5.41, 5.74) is 0.210. The molecule has 0 bridgehead atoms. The van der Waals surface area contributed by atoms with Gasteiger partial charge in [-0.25, -0.2) is 26.3 Å². The van der Waals surface area contributed by atoms with Crippen LogP contribution in [0.5, 0.6) is 0 Å². The molecule has 0 unspecified atom stereocenters. The number of benzene rings is 4. The molecule has 4 aromatic carbocycles. The highest BCUT2D eigenvalue weighted by atomic mass is 19.2. The number of halogens is 6. The van der Waals surface area contributed by atoms with Gasteiger partial charge in [-0.05, 0) is 106 Å². The molecule has 0 spiro atoms. The third-order valence-corrected chi connectivity index (χ3v) is 5.82. The predicted molar refractivity (Wildman–Crippen MR) is 146 cm³/mol. The first kappa shape index (κ1) is 29.1. The van der Waals surface area contributed by atoms with Crippen LogP contribution in [-0.4, -0.2) is 0 Å². The van der Waals surface area contributed by atoms with Crippen LogP contribution in [0.15, 0.2) is 72.8 Å². The minimum atomic E-state index is -0.909. The first-order valence-electron chi connectivity index (χ1n) is 12.0. The van der Waals surface area contributed by atoms with Crippen molar-refractivity contribution in [2.24, 2.45) is 0 Å². The van der Waals surface area contributed by atoms with E-state index in [-0.39, 0.29) is 50.1 Å². The molecular formula is C33H15F6N3. The number of allylic oxidation sites excluding steroid dienone is 3. The van der Waals surface area contributed by atoms with Crippen LogP contribution in [0.3, 0.4) is 0 Å². The maximum absolute atomic E-state index is 13.8. The molecule has 0 saturated carbocycles. The van der Waals surface area contributed by atoms with Gasteiger partial charge in [0, 0.05) is 18.2 Å². The van der Waals surface area contributed by atoms with E-state index in [2.05, 4.69) is 0 Å². The van der Waals surface area contributed by atoms with Crippen LogP contribution in [0.25, 0.3) is 34.9 Å². The van der Waals surface area contributed by atoms with Crippen LogP contribution < -0.4 is 0 Å². The number of nitrogens with zero attached hydrogens (tertiary/aromatic N) is 3. The van der Waals surface area contributed by atoms with E-state index in [1.54, 1.807) is 0 Å². The lowest BCUT2D eigenvalue weighted by Crippen LogP contribution is -1.91. The monoisotopic (exact) mass is 567 g/mol. The molecule has 42 heavy (non-hydrogen) atoms. The van der Waals surface area contributed by atoms with Crippen LogP contribution in [-0.2, 0) is 0 Å². The molecule has 4 aromatic rings. The van der Waals surface area contributed by atoms with Gasteiger partial charge >= 0.3 is 0 Å². The quantitative estimate of drug-likeness (QED) is 0.133. The molecule has 9 heteroatoms. The van der Waals surface area contributed by atoms with E-state index in [4.69, 9.17) is 0 Å². The van der Waals surface area contributed by atoms with Crippen LogP contribution in [0.1, 0.15) is 33.4 Å². The van der Waals surface area contributed by atoms with Gasteiger partial charge in [-0.1, -0.05) is 0 Å². The summed E-state index contributed by atoms with van der Waals surface area (Å²) in [5.74, 6) is -5.45. The molecule has 0 N–H and O–H groups in total. The topological polar surface area (TPSA) is 71.4 Å². The second-order valence-electron chi connectivity index (χ2n) is 8.92. The lowest BCUT2D eigenvalue weighted by Gasteiger charge is -2.07. The summed E-state index contributed by atoms with van der Waals surface area (Å²) in [7, 11) is 0. The summed E-state index contributed by atoms with van der Waals surface area (Å²) >= 11 is 0. The van der Waals surface area contributed by atoms with Crippen LogP contribution in [0.2, 0.25) is 0 Å². The fourth-order valence-electron chi connectivity index (χ4n) is 4.12. The Morgan fingerprint density at radius 2 is 0.595 bits per heavy atom. The second-order valence-corrected chi connectivity index (χ2v) is 8.92. The highest BCUT2D eigenvalue weighted by Crippen LogP contribution is 2.27. The van der Waals surface area contributed by atoms with Crippen molar-refractivity contribution in [1.29, 1.82) is 15.8 Å². The van der Waals surface area contributed by atoms with E-state index < -0.39 is 34.9 Å². The molecule has 3 nitrogen and oxygen atoms in total. The molecule has 0 amide bonds. The van der Waals surface area contributed by atoms with Crippen LogP contribution >= 0.6 is 0 Å². The first-order valence-corrected chi connectivity index (χ1v) is 12.0. The van der Waals surface area contributed by atoms with Crippen molar-refractivity contribution < 1.29 is 26.3 Å². The predicted octanol–water partition coefficient (Wildman–Crippen LogP) is 8.71. The maximum Gasteiger partial charge on any atom is 0.126 e. The average molecular weight is 567 g/mol. The van der Waals surface area contributed by atoms with Crippen molar-refractivity contribution in [3.63, 3.8) is 0 Å². The number of nitriles is 3. The second kappa shape index (κ2) is 12.6. The van der Waals surface area contributed by atoms with E-state index >= 15 is 0 Å². The Labute approximate surface area is 236 Å². The fourth-order valence-corrected chi connectivity index (χ4v) is 4.12. The summed E-state index contributed by atoms with van der Waals surface area (Å²) in [6, 6.07) is 17.7. The molecule has 0 atom stereocenters. The van der Waals surface area contributed by atoms with E-state index in [0.29, 0.717) is 18.2 Å². The molecule has 0 aliphatic rings. The van der Waals surface area contributed by atoms with Crippen molar-refractivity contribution in [3.05, 3.63) is 141 Å². The van der Waals surface area contributed by atoms with Gasteiger partial charge in [0.2, 0.25) is 0 Å². The Kier molecular flexibility index (Phi) is 8.71. The minimum absolute atomic E-state index is 0.0612. The standard InChI is InChI=1S/C33H15F6N3/c34-28-7-22(8-29(35)13-28)25(16-40)4-19-1-20(5-26(17-41)23-9-30(36)14-31(37)10-23)3-21(2-19)6-27(18-42)24-11-32(38)15-33(39)12-24/h1-15H/b25-4+,26-5+,27-6+. The summed E-state index contributed by atoms with van der Waals surface area (Å²) < 4.78 is 83.0. The third kappa shape index (κ3) is 7.21. The van der Waals surface area contributed by atoms with Crippen molar-refractivity contribution in [3.8, 4) is 18.2 Å². The molecule has 0 saturated heterocycles. The van der Waals surface area contributed by atoms with Crippen LogP contribution in [0, 0.1) is 68.9 Å². The van der Waals surface area contributed by atoms with Crippen molar-refractivity contribution in [1.82, 2.24) is 0 Å². The van der Waals surface area contributed by atoms with Gasteiger partial charge in [0.15, 0.2) is 0 Å². The van der Waals surface area contributed by atoms with Crippen LogP contribution in [0.4, 0.5) is 26.3 Å². The van der Waals surface area contributed by atoms with Crippen molar-refractivity contribution in [2.75, 3.05) is 0 Å². The molecule has 0 aliphatic carbocycles. The van der Waals surface area contributed by atoms with Gasteiger partial charge in [-0.3, -0.25) is 0 Å². The Balaban J connectivity index is 1.93. The van der Waals surface area contributed by atoms with Crippen molar-refractivity contribution in [2.45, 2.75) is 0 Å². The minimum Gasteiger partial charge on any atom is -0.207 e. The Morgan fingerprint density at radius 3 is 0.786 bits per heavy atom. The van der Waals surface area contributed by atoms with E-state index in [1.165, 1.54) is 36.4 Å². The van der Waals surface area contributed by atoms with Gasteiger partial charge in [0.25, 0.3) is 0 Å². The normalized spacial score (nSPS) is 11.9. The third-order valence-electron chi connectivity index (χ3n) is 5.82. The largest absolute Gasteiger partial charge is 0.207 e. The summed E-state index contributed by atoms with van der Waals surface area (Å²) in [6.45, 7) is 0. The van der Waals surface area contributed by atoms with E-state index in [0.717, 1.165) is 36.4 Å². The number of hydrogen-bond acceptors (Lipinski definition) is 3. The van der Waals surface area contributed by atoms with E-state index in [9.17, 15) is 42.1 Å². The van der Waals surface area contributed by atoms with Gasteiger partial charge in [0.05, 0.1) is 34.9 Å². The Morgan fingerprint density at radius 1 is 0.381 bits per heavy atom. The highest BCUT2D eigenvalue weighted by molar-refractivity contribution is 5.94. The van der Waals surface area contributed by atoms with Crippen molar-refractivity contribution >= 4 is 34.9 Å². The Bertz CT molecular complexity index is 1640. The summed E-state index contributed by atoms with van der Waals surface area (Å²) in [5, 5.41) is 29.1. The smallest absolute Gasteiger partial charge is 0.126 e. The zero-order valence-corrected chi connectivity index (χ0v) is 21.3. The highest BCUT2D eigenvalue weighted by Gasteiger charge is 2.11. The molecule has 0 radical (unpaired) electrons. The first-order chi connectivity index (χ1) is 20.1. The zero-order valence-electron chi connectivity index (χ0n) is 21.3. The lowest BCUT2D eigenvalue weighted by molar-refractivity contribution is 0.582. The number of rotatable bonds is 6. The summed E-state index contributed by atoms with van der Waals surface area (Å²) in [6.07, 6.45) is 3.89. The lowest BCUT2D eigenvalue weighted by atomic mass is 9.96. The maximum atomic E-state index is 13.8. The molecule has 0 fully saturated rings. The molecular weight excluding hydrogens is 552 g/mol. The Hall–Kier alpha value is -5.85. The van der Waals surface area contributed by atoms with Gasteiger partial charge in [-0.15, -0.1) is 0 Å². The molecule has 0 aromatic heterocycles. The molecule has 204 valence electrons. The van der Waals surface area contributed by atoms with Gasteiger partial charge < -0.3 is 0 Å². The summed E-state index contributed by atoms with van der Waals surface area (Å²) in [4.78, 5) is 0. The molecule has 4 rings (SSSR count). The van der Waals surface area contributed by atoms with E-state index in [1.807, 2.05) is 18.2 Å². The van der Waals surface area contributed by atoms with Gasteiger partial charge in [-0.2, -0.15) is 15.8 Å². The number of hydrogen-bond donors (Lipinski definition) is 0.